The van der Waals surface area contributed by atoms with Crippen LogP contribution in [0.25, 0.3) is 98.2 Å². The van der Waals surface area contributed by atoms with Crippen LogP contribution in [0.2, 0.25) is 0 Å². The van der Waals surface area contributed by atoms with Crippen LogP contribution < -0.4 is 0 Å². The number of pyridine rings is 4. The summed E-state index contributed by atoms with van der Waals surface area (Å²) in [4.78, 5) is 48.9. The fourth-order valence-electron chi connectivity index (χ4n) is 10.7. The number of nitrogens with zero attached hydrogens (tertiary/aromatic N) is 18. The van der Waals surface area contributed by atoms with Gasteiger partial charge < -0.3 is 9.55 Å². The van der Waals surface area contributed by atoms with E-state index in [9.17, 15) is 0 Å². The van der Waals surface area contributed by atoms with Crippen molar-refractivity contribution in [1.29, 1.82) is 0 Å². The van der Waals surface area contributed by atoms with Crippen molar-refractivity contribution in [3.63, 3.8) is 0 Å². The smallest absolute Gasteiger partial charge is 0.165 e. The number of rotatable bonds is 11. The molecule has 1 aromatic carbocycles. The van der Waals surface area contributed by atoms with Gasteiger partial charge in [-0.3, -0.25) is 24.9 Å². The molecule has 15 aromatic rings. The number of thiophene rings is 1. The highest BCUT2D eigenvalue weighted by Gasteiger charge is 2.21. The molecular weight excluding hydrogens is 971 g/mol. The Balaban J connectivity index is 0.701. The number of H-pyrrole nitrogens is 1. The average Bonchev–Trinajstić information content (AvgIpc) is 4.36. The summed E-state index contributed by atoms with van der Waals surface area (Å²) in [5, 5.41) is 22.0. The molecule has 0 bridgehead atoms. The van der Waals surface area contributed by atoms with Crippen molar-refractivity contribution in [3.05, 3.63) is 161 Å². The van der Waals surface area contributed by atoms with E-state index in [-0.39, 0.29) is 0 Å². The Morgan fingerprint density at radius 2 is 1.25 bits per heavy atom. The number of benzene rings is 1. The first-order valence-corrected chi connectivity index (χ1v) is 26.1. The van der Waals surface area contributed by atoms with Gasteiger partial charge in [-0.2, -0.15) is 20.4 Å². The molecule has 0 fully saturated rings. The van der Waals surface area contributed by atoms with E-state index in [1.165, 1.54) is 0 Å². The number of hydrogen-bond donors (Lipinski definition) is 1. The quantitative estimate of drug-likeness (QED) is 0.128. The van der Waals surface area contributed by atoms with Crippen LogP contribution >= 0.6 is 11.3 Å². The average molecular weight is 1020 g/mol. The van der Waals surface area contributed by atoms with Crippen molar-refractivity contribution in [2.75, 3.05) is 0 Å². The van der Waals surface area contributed by atoms with Crippen molar-refractivity contribution in [2.24, 2.45) is 7.05 Å². The van der Waals surface area contributed by atoms with Crippen LogP contribution in [-0.2, 0) is 45.6 Å². The van der Waals surface area contributed by atoms with Gasteiger partial charge in [-0.1, -0.05) is 12.1 Å². The van der Waals surface area contributed by atoms with Gasteiger partial charge >= 0.3 is 0 Å². The third kappa shape index (κ3) is 7.04. The molecular formula is C56H45N19S. The van der Waals surface area contributed by atoms with Gasteiger partial charge in [-0.25, -0.2) is 38.0 Å². The Kier molecular flexibility index (Phi) is 9.75. The lowest BCUT2D eigenvalue weighted by Gasteiger charge is -2.09. The highest BCUT2D eigenvalue weighted by atomic mass is 32.1. The van der Waals surface area contributed by atoms with Crippen molar-refractivity contribution >= 4 is 86.9 Å². The zero-order chi connectivity index (χ0) is 50.9. The zero-order valence-electron chi connectivity index (χ0n) is 42.0. The van der Waals surface area contributed by atoms with E-state index >= 15 is 0 Å². The van der Waals surface area contributed by atoms with Crippen LogP contribution in [0.3, 0.4) is 0 Å². The minimum absolute atomic E-state index is 0.592. The van der Waals surface area contributed by atoms with Gasteiger partial charge in [-0.05, 0) is 102 Å². The molecule has 1 N–H and O–H groups in total. The molecule has 0 radical (unpaired) electrons. The number of hydrogen-bond acceptors (Lipinski definition) is 14. The highest BCUT2D eigenvalue weighted by Crippen LogP contribution is 2.34. The molecule has 0 amide bonds. The molecule has 0 spiro atoms. The van der Waals surface area contributed by atoms with Crippen LogP contribution in [0.1, 0.15) is 57.3 Å². The molecule has 0 saturated carbocycles. The molecule has 15 rings (SSSR count). The lowest BCUT2D eigenvalue weighted by atomic mass is 10.1. The summed E-state index contributed by atoms with van der Waals surface area (Å²) < 4.78 is 11.1. The van der Waals surface area contributed by atoms with Crippen molar-refractivity contribution in [2.45, 2.75) is 66.2 Å². The Bertz CT molecular complexity index is 4830. The van der Waals surface area contributed by atoms with E-state index in [0.717, 1.165) is 162 Å². The second-order valence-electron chi connectivity index (χ2n) is 19.6. The molecule has 19 nitrogen and oxygen atoms in total. The maximum absolute atomic E-state index is 5.15. The minimum atomic E-state index is 0.592. The lowest BCUT2D eigenvalue weighted by Crippen LogP contribution is -2.04. The normalized spacial score (nSPS) is 12.3. The SMILES string of the molecule is Cc1ncc(C)n2nc(CCc3nc4c5cccnc5c(-c5ccc6ccc7nc(CCc8cc9c(-c%10cnc(C)c%11cc(CCc%12nc%13c%14ncccc%14sc%13n%12C)nn%10%11)ncc(C)n9n8)nc7c6[nH]5)cn4n3)cc12. The number of fused-ring (bicyclic) bond motifs is 12. The van der Waals surface area contributed by atoms with Gasteiger partial charge in [0.05, 0.1) is 83.9 Å². The third-order valence-corrected chi connectivity index (χ3v) is 15.9. The van der Waals surface area contributed by atoms with Gasteiger partial charge in [-0.15, -0.1) is 11.3 Å². The molecule has 0 unspecified atom stereocenters. The Labute approximate surface area is 435 Å². The summed E-state index contributed by atoms with van der Waals surface area (Å²) in [5.74, 6) is 2.48. The van der Waals surface area contributed by atoms with E-state index in [1.54, 1.807) is 11.3 Å². The van der Waals surface area contributed by atoms with Crippen molar-refractivity contribution in [1.82, 2.24) is 92.9 Å². The predicted molar refractivity (Wildman–Crippen MR) is 292 cm³/mol. The number of nitrogens with one attached hydrogen (secondary N) is 1. The van der Waals surface area contributed by atoms with Crippen molar-refractivity contribution < 1.29 is 0 Å². The van der Waals surface area contributed by atoms with E-state index in [4.69, 9.17) is 55.3 Å². The summed E-state index contributed by atoms with van der Waals surface area (Å²) in [6.45, 7) is 8.05. The molecule has 370 valence electrons. The van der Waals surface area contributed by atoms with Gasteiger partial charge in [0, 0.05) is 79.3 Å². The Morgan fingerprint density at radius 3 is 2.07 bits per heavy atom. The fourth-order valence-corrected chi connectivity index (χ4v) is 11.8. The topological polar surface area (TPSA) is 206 Å². The van der Waals surface area contributed by atoms with Crippen LogP contribution in [-0.4, -0.2) is 92.9 Å². The maximum atomic E-state index is 5.15. The van der Waals surface area contributed by atoms with Gasteiger partial charge in [0.25, 0.3) is 0 Å². The number of aromatic nitrogens is 19. The van der Waals surface area contributed by atoms with Crippen LogP contribution in [0.5, 0.6) is 0 Å². The largest absolute Gasteiger partial charge is 0.353 e. The molecule has 0 aliphatic carbocycles. The fraction of sp³-hybridized carbons (Fsp3) is 0.196. The molecule has 0 atom stereocenters. The third-order valence-electron chi connectivity index (χ3n) is 14.6. The summed E-state index contributed by atoms with van der Waals surface area (Å²) in [7, 11) is 2.08. The summed E-state index contributed by atoms with van der Waals surface area (Å²) in [5.41, 5.74) is 18.8. The first-order valence-electron chi connectivity index (χ1n) is 25.3. The molecule has 0 aliphatic heterocycles. The molecule has 0 aliphatic rings. The van der Waals surface area contributed by atoms with Gasteiger partial charge in [0.15, 0.2) is 11.5 Å². The molecule has 0 saturated heterocycles. The zero-order valence-corrected chi connectivity index (χ0v) is 42.8. The second-order valence-corrected chi connectivity index (χ2v) is 20.6. The lowest BCUT2D eigenvalue weighted by molar-refractivity contribution is 0.767. The monoisotopic (exact) mass is 1020 g/mol. The van der Waals surface area contributed by atoms with Crippen molar-refractivity contribution in [3.8, 4) is 22.6 Å². The molecule has 14 heterocycles. The maximum Gasteiger partial charge on any atom is 0.165 e. The van der Waals surface area contributed by atoms with E-state index in [0.29, 0.717) is 32.1 Å². The molecule has 76 heavy (non-hydrogen) atoms. The summed E-state index contributed by atoms with van der Waals surface area (Å²) in [6, 6.07) is 22.7. The highest BCUT2D eigenvalue weighted by molar-refractivity contribution is 7.25. The Hall–Kier alpha value is -9.43. The van der Waals surface area contributed by atoms with Gasteiger partial charge in [0.2, 0.25) is 0 Å². The predicted octanol–water partition coefficient (Wildman–Crippen LogP) is 9.25. The number of aromatic amines is 1. The summed E-state index contributed by atoms with van der Waals surface area (Å²) in [6.07, 6.45) is 15.2. The van der Waals surface area contributed by atoms with E-state index < -0.39 is 0 Å². The van der Waals surface area contributed by atoms with Crippen LogP contribution in [0.15, 0.2) is 104 Å². The Morgan fingerprint density at radius 1 is 0.566 bits per heavy atom. The minimum Gasteiger partial charge on any atom is -0.353 e. The number of aryl methyl sites for hydroxylation is 11. The van der Waals surface area contributed by atoms with E-state index in [2.05, 4.69) is 75.1 Å². The van der Waals surface area contributed by atoms with Crippen LogP contribution in [0.4, 0.5) is 0 Å². The molecule has 14 aromatic heterocycles. The molecule has 20 heteroatoms. The number of imidazole rings is 2. The first kappa shape index (κ1) is 44.1. The first-order chi connectivity index (χ1) is 37.1. The second kappa shape index (κ2) is 16.8. The standard InChI is InChI=1S/C56H45N19S/c1-29-25-59-31(3)41-22-34(67-73(29)41)13-18-47-65-55-37-8-6-20-57-50(37)38(28-72(55)70-47)39-15-10-33-11-16-40-51(49(33)63-39)64-46(62-40)17-12-35-24-43-52(61-26-30(2)74(43)68-35)44-27-60-32(4)42-23-36(69-75(42)44)14-19-48-66-54-53-45(9-7-21-58-53)76-56(54)71(48)5/h6-11,15-16,20-28,63H,12-14,17-19H2,1-5H3. The van der Waals surface area contributed by atoms with E-state index in [1.807, 2.05) is 101 Å². The van der Waals surface area contributed by atoms with Gasteiger partial charge in [0.1, 0.15) is 44.4 Å². The van der Waals surface area contributed by atoms with Crippen LogP contribution in [0, 0.1) is 27.7 Å². The summed E-state index contributed by atoms with van der Waals surface area (Å²) >= 11 is 1.72.